The summed E-state index contributed by atoms with van der Waals surface area (Å²) in [5.41, 5.74) is 0.894. The lowest BCUT2D eigenvalue weighted by atomic mass is 10.1. The van der Waals surface area contributed by atoms with Gasteiger partial charge < -0.3 is 10.6 Å². The maximum absolute atomic E-state index is 11.7. The smallest absolute Gasteiger partial charge is 0.269 e. The summed E-state index contributed by atoms with van der Waals surface area (Å²) >= 11 is 0. The average Bonchev–Trinajstić information content (AvgIpc) is 2.42. The number of nitrogens with zero attached hydrogens (tertiary/aromatic N) is 1. The number of nitro groups is 1. The molecule has 0 aliphatic carbocycles. The van der Waals surface area contributed by atoms with Gasteiger partial charge in [-0.2, -0.15) is 0 Å². The lowest BCUT2D eigenvalue weighted by Gasteiger charge is -2.12. The Morgan fingerprint density at radius 2 is 2.00 bits per heavy atom. The molecule has 0 spiro atoms. The molecule has 0 saturated carbocycles. The van der Waals surface area contributed by atoms with E-state index < -0.39 is 4.92 Å². The van der Waals surface area contributed by atoms with Crippen molar-refractivity contribution in [3.8, 4) is 0 Å². The summed E-state index contributed by atoms with van der Waals surface area (Å²) in [7, 11) is 0. The molecule has 19 heavy (non-hydrogen) atoms. The Morgan fingerprint density at radius 3 is 2.53 bits per heavy atom. The van der Waals surface area contributed by atoms with Crippen molar-refractivity contribution in [1.82, 2.24) is 10.6 Å². The molecule has 0 aromatic heterocycles. The fraction of sp³-hybridized carbons (Fsp3) is 0.462. The van der Waals surface area contributed by atoms with Crippen molar-refractivity contribution in [1.29, 1.82) is 0 Å². The number of benzene rings is 1. The third-order valence-electron chi connectivity index (χ3n) is 2.76. The van der Waals surface area contributed by atoms with Crippen LogP contribution in [-0.2, 0) is 11.3 Å². The van der Waals surface area contributed by atoms with Crippen LogP contribution in [0.15, 0.2) is 24.3 Å². The van der Waals surface area contributed by atoms with E-state index in [2.05, 4.69) is 10.6 Å². The first kappa shape index (κ1) is 15.1. The van der Waals surface area contributed by atoms with Crippen molar-refractivity contribution in [3.63, 3.8) is 0 Å². The van der Waals surface area contributed by atoms with Gasteiger partial charge in [0.2, 0.25) is 5.91 Å². The zero-order valence-corrected chi connectivity index (χ0v) is 11.2. The molecule has 0 aliphatic heterocycles. The minimum Gasteiger partial charge on any atom is -0.352 e. The molecule has 104 valence electrons. The second-order valence-electron chi connectivity index (χ2n) is 4.35. The summed E-state index contributed by atoms with van der Waals surface area (Å²) in [6, 6.07) is 6.16. The molecule has 0 saturated heterocycles. The molecule has 0 fully saturated rings. The lowest BCUT2D eigenvalue weighted by molar-refractivity contribution is -0.384. The number of hydrogen-bond donors (Lipinski definition) is 2. The Kier molecular flexibility index (Phi) is 5.95. The molecule has 1 rings (SSSR count). The fourth-order valence-electron chi connectivity index (χ4n) is 1.55. The number of nitrogens with one attached hydrogen (secondary N) is 2. The van der Waals surface area contributed by atoms with Crippen LogP contribution >= 0.6 is 0 Å². The normalized spacial score (nSPS) is 11.9. The predicted octanol–water partition coefficient (Wildman–Crippen LogP) is 1.46. The van der Waals surface area contributed by atoms with Gasteiger partial charge in [-0.1, -0.05) is 26.0 Å². The molecular formula is C13H19N3O3. The minimum absolute atomic E-state index is 0.0284. The van der Waals surface area contributed by atoms with Crippen molar-refractivity contribution in [3.05, 3.63) is 39.9 Å². The van der Waals surface area contributed by atoms with Crippen LogP contribution in [0.1, 0.15) is 19.4 Å². The number of nitro benzene ring substituents is 1. The van der Waals surface area contributed by atoms with Gasteiger partial charge in [0.15, 0.2) is 0 Å². The van der Waals surface area contributed by atoms with Gasteiger partial charge in [0, 0.05) is 31.1 Å². The van der Waals surface area contributed by atoms with Crippen LogP contribution in [0.2, 0.25) is 0 Å². The van der Waals surface area contributed by atoms with Crippen LogP contribution in [0.3, 0.4) is 0 Å². The largest absolute Gasteiger partial charge is 0.352 e. The van der Waals surface area contributed by atoms with Gasteiger partial charge in [0.05, 0.1) is 4.92 Å². The summed E-state index contributed by atoms with van der Waals surface area (Å²) in [6.07, 6.45) is 0. The van der Waals surface area contributed by atoms with Gasteiger partial charge in [-0.15, -0.1) is 0 Å². The van der Waals surface area contributed by atoms with Crippen LogP contribution in [-0.4, -0.2) is 23.9 Å². The van der Waals surface area contributed by atoms with Crippen molar-refractivity contribution in [2.45, 2.75) is 20.4 Å². The molecular weight excluding hydrogens is 246 g/mol. The van der Waals surface area contributed by atoms with E-state index >= 15 is 0 Å². The number of carbonyl (C=O) groups is 1. The number of amides is 1. The second-order valence-corrected chi connectivity index (χ2v) is 4.35. The molecule has 0 heterocycles. The summed E-state index contributed by atoms with van der Waals surface area (Å²) < 4.78 is 0. The predicted molar refractivity (Wildman–Crippen MR) is 72.7 cm³/mol. The van der Waals surface area contributed by atoms with E-state index in [1.807, 2.05) is 13.8 Å². The van der Waals surface area contributed by atoms with E-state index in [4.69, 9.17) is 0 Å². The SMILES string of the molecule is CCNCC(C)C(=O)NCc1ccc([N+](=O)[O-])cc1. The van der Waals surface area contributed by atoms with E-state index in [1.165, 1.54) is 12.1 Å². The maximum Gasteiger partial charge on any atom is 0.269 e. The van der Waals surface area contributed by atoms with Gasteiger partial charge in [-0.05, 0) is 12.1 Å². The zero-order chi connectivity index (χ0) is 14.3. The van der Waals surface area contributed by atoms with Crippen molar-refractivity contribution >= 4 is 11.6 Å². The molecule has 6 heteroatoms. The van der Waals surface area contributed by atoms with E-state index in [0.717, 1.165) is 12.1 Å². The summed E-state index contributed by atoms with van der Waals surface area (Å²) in [5.74, 6) is -0.127. The Bertz CT molecular complexity index is 431. The molecule has 1 aromatic rings. The quantitative estimate of drug-likeness (QED) is 0.577. The van der Waals surface area contributed by atoms with Gasteiger partial charge >= 0.3 is 0 Å². The van der Waals surface area contributed by atoms with Crippen molar-refractivity contribution in [2.24, 2.45) is 5.92 Å². The molecule has 0 aliphatic rings. The number of carbonyl (C=O) groups excluding carboxylic acids is 1. The highest BCUT2D eigenvalue weighted by atomic mass is 16.6. The summed E-state index contributed by atoms with van der Waals surface area (Å²) in [4.78, 5) is 21.8. The highest BCUT2D eigenvalue weighted by Crippen LogP contribution is 2.11. The van der Waals surface area contributed by atoms with Gasteiger partial charge in [-0.3, -0.25) is 14.9 Å². The van der Waals surface area contributed by atoms with Gasteiger partial charge in [0.1, 0.15) is 0 Å². The first-order chi connectivity index (χ1) is 9.04. The van der Waals surface area contributed by atoms with Crippen LogP contribution in [0.25, 0.3) is 0 Å². The molecule has 1 atom stereocenters. The molecule has 6 nitrogen and oxygen atoms in total. The van der Waals surface area contributed by atoms with Crippen LogP contribution < -0.4 is 10.6 Å². The monoisotopic (exact) mass is 265 g/mol. The van der Waals surface area contributed by atoms with Crippen molar-refractivity contribution in [2.75, 3.05) is 13.1 Å². The van der Waals surface area contributed by atoms with E-state index in [9.17, 15) is 14.9 Å². The fourth-order valence-corrected chi connectivity index (χ4v) is 1.55. The zero-order valence-electron chi connectivity index (χ0n) is 11.2. The first-order valence-electron chi connectivity index (χ1n) is 6.26. The Labute approximate surface area is 112 Å². The van der Waals surface area contributed by atoms with E-state index in [1.54, 1.807) is 12.1 Å². The first-order valence-corrected chi connectivity index (χ1v) is 6.26. The topological polar surface area (TPSA) is 84.3 Å². The highest BCUT2D eigenvalue weighted by Gasteiger charge is 2.11. The summed E-state index contributed by atoms with van der Waals surface area (Å²) in [5, 5.41) is 16.4. The second kappa shape index (κ2) is 7.48. The molecule has 2 N–H and O–H groups in total. The number of hydrogen-bond acceptors (Lipinski definition) is 4. The van der Waals surface area contributed by atoms with Gasteiger partial charge in [-0.25, -0.2) is 0 Å². The third-order valence-corrected chi connectivity index (χ3v) is 2.76. The van der Waals surface area contributed by atoms with E-state index in [-0.39, 0.29) is 17.5 Å². The Balaban J connectivity index is 2.43. The lowest BCUT2D eigenvalue weighted by Crippen LogP contribution is -2.34. The number of non-ortho nitro benzene ring substituents is 1. The average molecular weight is 265 g/mol. The highest BCUT2D eigenvalue weighted by molar-refractivity contribution is 5.78. The molecule has 1 amide bonds. The van der Waals surface area contributed by atoms with Crippen LogP contribution in [0, 0.1) is 16.0 Å². The third kappa shape index (κ3) is 5.05. The van der Waals surface area contributed by atoms with Crippen LogP contribution in [0.5, 0.6) is 0 Å². The molecule has 0 bridgehead atoms. The van der Waals surface area contributed by atoms with Crippen LogP contribution in [0.4, 0.5) is 5.69 Å². The summed E-state index contributed by atoms with van der Waals surface area (Å²) in [6.45, 7) is 5.70. The Morgan fingerprint density at radius 1 is 1.37 bits per heavy atom. The van der Waals surface area contributed by atoms with Gasteiger partial charge in [0.25, 0.3) is 5.69 Å². The van der Waals surface area contributed by atoms with Crippen molar-refractivity contribution < 1.29 is 9.72 Å². The molecule has 1 aromatic carbocycles. The molecule has 0 radical (unpaired) electrons. The molecule has 1 unspecified atom stereocenters. The number of rotatable bonds is 7. The Hall–Kier alpha value is -1.95. The van der Waals surface area contributed by atoms with E-state index in [0.29, 0.717) is 13.1 Å². The minimum atomic E-state index is -0.444. The maximum atomic E-state index is 11.7. The standard InChI is InChI=1S/C13H19N3O3/c1-3-14-8-10(2)13(17)15-9-11-4-6-12(7-5-11)16(18)19/h4-7,10,14H,3,8-9H2,1-2H3,(H,15,17).